The van der Waals surface area contributed by atoms with Crippen LogP contribution in [0.3, 0.4) is 0 Å². The number of carbonyl (C=O) groups is 1. The van der Waals surface area contributed by atoms with Gasteiger partial charge in [0.2, 0.25) is 0 Å². The topological polar surface area (TPSA) is 77.5 Å². The normalized spacial score (nSPS) is 12.2. The summed E-state index contributed by atoms with van der Waals surface area (Å²) in [4.78, 5) is 12.1. The van der Waals surface area contributed by atoms with Crippen molar-refractivity contribution in [2.75, 3.05) is 0 Å². The summed E-state index contributed by atoms with van der Waals surface area (Å²) in [7, 11) is 0. The summed E-state index contributed by atoms with van der Waals surface area (Å²) in [5.74, 6) is 0.212. The smallest absolute Gasteiger partial charge is 0.387 e. The Kier molecular flexibility index (Phi) is 5.11. The molecule has 0 spiro atoms. The molecule has 2 aromatic rings. The lowest BCUT2D eigenvalue weighted by Gasteiger charge is -2.15. The minimum Gasteiger partial charge on any atom is -0.467 e. The summed E-state index contributed by atoms with van der Waals surface area (Å²) in [5, 5.41) is 2.75. The summed E-state index contributed by atoms with van der Waals surface area (Å²) < 4.78 is 33.8. The zero-order chi connectivity index (χ0) is 16.1. The Hall–Kier alpha value is -2.41. The molecule has 7 heteroatoms. The lowest BCUT2D eigenvalue weighted by Crippen LogP contribution is -2.26. The molecule has 0 saturated heterocycles. The Morgan fingerprint density at radius 1 is 1.41 bits per heavy atom. The van der Waals surface area contributed by atoms with Gasteiger partial charge in [-0.05, 0) is 30.7 Å². The summed E-state index contributed by atoms with van der Waals surface area (Å²) in [6, 6.07) is 7.35. The predicted octanol–water partition coefficient (Wildman–Crippen LogP) is 2.83. The number of carbonyl (C=O) groups excluding carboxylic acids is 1. The van der Waals surface area contributed by atoms with Gasteiger partial charge in [-0.25, -0.2) is 0 Å². The first-order valence-corrected chi connectivity index (χ1v) is 6.62. The molecule has 2 rings (SSSR count). The molecule has 0 aliphatic carbocycles. The Morgan fingerprint density at radius 2 is 2.18 bits per heavy atom. The molecule has 5 nitrogen and oxygen atoms in total. The first kappa shape index (κ1) is 16.0. The van der Waals surface area contributed by atoms with E-state index in [1.54, 1.807) is 25.1 Å². The third kappa shape index (κ3) is 4.05. The number of furan rings is 1. The van der Waals surface area contributed by atoms with Crippen molar-refractivity contribution in [3.63, 3.8) is 0 Å². The van der Waals surface area contributed by atoms with Gasteiger partial charge in [-0.1, -0.05) is 12.1 Å². The average molecular weight is 310 g/mol. The van der Waals surface area contributed by atoms with Crippen molar-refractivity contribution in [3.8, 4) is 5.75 Å². The van der Waals surface area contributed by atoms with Crippen LogP contribution in [0.15, 0.2) is 41.0 Å². The number of hydrogen-bond acceptors (Lipinski definition) is 4. The molecular formula is C15H16F2N2O3. The van der Waals surface area contributed by atoms with E-state index in [0.29, 0.717) is 16.9 Å². The number of ether oxygens (including phenoxy) is 1. The second-order valence-corrected chi connectivity index (χ2v) is 4.65. The van der Waals surface area contributed by atoms with Crippen molar-refractivity contribution >= 4 is 5.91 Å². The third-order valence-electron chi connectivity index (χ3n) is 3.05. The Balaban J connectivity index is 2.05. The van der Waals surface area contributed by atoms with Gasteiger partial charge in [-0.3, -0.25) is 4.79 Å². The van der Waals surface area contributed by atoms with E-state index in [0.717, 1.165) is 0 Å². The van der Waals surface area contributed by atoms with Gasteiger partial charge in [0, 0.05) is 0 Å². The second kappa shape index (κ2) is 7.04. The van der Waals surface area contributed by atoms with Gasteiger partial charge < -0.3 is 20.2 Å². The number of amides is 1. The van der Waals surface area contributed by atoms with Gasteiger partial charge in [0.25, 0.3) is 5.91 Å². The van der Waals surface area contributed by atoms with Crippen LogP contribution >= 0.6 is 0 Å². The predicted molar refractivity (Wildman–Crippen MR) is 75.6 cm³/mol. The molecule has 0 saturated carbocycles. The Morgan fingerprint density at radius 3 is 2.82 bits per heavy atom. The summed E-state index contributed by atoms with van der Waals surface area (Å²) in [5.41, 5.74) is 6.41. The molecule has 1 unspecified atom stereocenters. The molecule has 118 valence electrons. The van der Waals surface area contributed by atoms with E-state index in [1.165, 1.54) is 18.4 Å². The van der Waals surface area contributed by atoms with E-state index in [-0.39, 0.29) is 24.2 Å². The summed E-state index contributed by atoms with van der Waals surface area (Å²) >= 11 is 0. The van der Waals surface area contributed by atoms with Gasteiger partial charge >= 0.3 is 6.61 Å². The van der Waals surface area contributed by atoms with E-state index < -0.39 is 6.61 Å². The highest BCUT2D eigenvalue weighted by Crippen LogP contribution is 2.21. The van der Waals surface area contributed by atoms with Gasteiger partial charge in [0.15, 0.2) is 0 Å². The van der Waals surface area contributed by atoms with Crippen LogP contribution in [-0.4, -0.2) is 12.5 Å². The number of alkyl halides is 2. The fourth-order valence-corrected chi connectivity index (χ4v) is 1.93. The van der Waals surface area contributed by atoms with Gasteiger partial charge in [-0.15, -0.1) is 0 Å². The largest absolute Gasteiger partial charge is 0.467 e. The summed E-state index contributed by atoms with van der Waals surface area (Å²) in [6.45, 7) is -0.945. The van der Waals surface area contributed by atoms with E-state index in [2.05, 4.69) is 10.1 Å². The maximum Gasteiger partial charge on any atom is 0.387 e. The maximum atomic E-state index is 12.2. The lowest BCUT2D eigenvalue weighted by molar-refractivity contribution is -0.0499. The minimum atomic E-state index is -2.89. The molecule has 1 atom stereocenters. The molecule has 0 bridgehead atoms. The molecule has 1 aromatic heterocycles. The van der Waals surface area contributed by atoms with Gasteiger partial charge in [0.05, 0.1) is 18.2 Å². The van der Waals surface area contributed by atoms with Crippen LogP contribution in [0.1, 0.15) is 34.6 Å². The molecule has 1 aromatic carbocycles. The van der Waals surface area contributed by atoms with Crippen molar-refractivity contribution in [1.29, 1.82) is 0 Å². The van der Waals surface area contributed by atoms with Gasteiger partial charge in [-0.2, -0.15) is 8.78 Å². The molecule has 1 amide bonds. The van der Waals surface area contributed by atoms with E-state index >= 15 is 0 Å². The molecule has 0 fully saturated rings. The van der Waals surface area contributed by atoms with Crippen molar-refractivity contribution < 1.29 is 22.7 Å². The molecule has 0 aliphatic rings. The third-order valence-corrected chi connectivity index (χ3v) is 3.05. The van der Waals surface area contributed by atoms with Gasteiger partial charge in [0.1, 0.15) is 17.8 Å². The standard InChI is InChI=1S/C15H16F2N2O3/c1-9(10-3-2-4-12(5-10)22-15(16)17)19-14(20)11-6-13(7-18)21-8-11/h2-6,8-9,15H,7,18H2,1H3,(H,19,20). The minimum absolute atomic E-state index is 0.0438. The number of hydrogen-bond donors (Lipinski definition) is 2. The number of nitrogens with two attached hydrogens (primary N) is 1. The van der Waals surface area contributed by atoms with Crippen molar-refractivity contribution in [1.82, 2.24) is 5.32 Å². The highest BCUT2D eigenvalue weighted by Gasteiger charge is 2.15. The van der Waals surface area contributed by atoms with Crippen molar-refractivity contribution in [2.24, 2.45) is 5.73 Å². The molecule has 0 radical (unpaired) electrons. The fraction of sp³-hybridized carbons (Fsp3) is 0.267. The van der Waals surface area contributed by atoms with Crippen molar-refractivity contribution in [2.45, 2.75) is 26.1 Å². The van der Waals surface area contributed by atoms with Crippen LogP contribution < -0.4 is 15.8 Å². The molecular weight excluding hydrogens is 294 g/mol. The van der Waals surface area contributed by atoms with Crippen molar-refractivity contribution in [3.05, 3.63) is 53.5 Å². The highest BCUT2D eigenvalue weighted by atomic mass is 19.3. The Bertz CT molecular complexity index is 643. The number of rotatable bonds is 6. The second-order valence-electron chi connectivity index (χ2n) is 4.65. The number of benzene rings is 1. The fourth-order valence-electron chi connectivity index (χ4n) is 1.93. The maximum absolute atomic E-state index is 12.2. The zero-order valence-electron chi connectivity index (χ0n) is 11.9. The first-order chi connectivity index (χ1) is 10.5. The zero-order valence-corrected chi connectivity index (χ0v) is 11.9. The monoisotopic (exact) mass is 310 g/mol. The molecule has 3 N–H and O–H groups in total. The van der Waals surface area contributed by atoms with Crippen LogP contribution in [0.4, 0.5) is 8.78 Å². The Labute approximate surface area is 126 Å². The molecule has 22 heavy (non-hydrogen) atoms. The quantitative estimate of drug-likeness (QED) is 0.860. The SMILES string of the molecule is CC(NC(=O)c1coc(CN)c1)c1cccc(OC(F)F)c1. The van der Waals surface area contributed by atoms with E-state index in [1.807, 2.05) is 0 Å². The van der Waals surface area contributed by atoms with Crippen LogP contribution in [0.5, 0.6) is 5.75 Å². The van der Waals surface area contributed by atoms with Crippen LogP contribution in [0, 0.1) is 0 Å². The number of halogens is 2. The van der Waals surface area contributed by atoms with E-state index in [9.17, 15) is 13.6 Å². The number of nitrogens with one attached hydrogen (secondary N) is 1. The van der Waals surface area contributed by atoms with Crippen LogP contribution in [-0.2, 0) is 6.54 Å². The first-order valence-electron chi connectivity index (χ1n) is 6.62. The summed E-state index contributed by atoms with van der Waals surface area (Å²) in [6.07, 6.45) is 1.32. The van der Waals surface area contributed by atoms with Crippen LogP contribution in [0.25, 0.3) is 0 Å². The molecule has 1 heterocycles. The van der Waals surface area contributed by atoms with E-state index in [4.69, 9.17) is 10.2 Å². The van der Waals surface area contributed by atoms with Crippen LogP contribution in [0.2, 0.25) is 0 Å². The highest BCUT2D eigenvalue weighted by molar-refractivity contribution is 5.94. The lowest BCUT2D eigenvalue weighted by atomic mass is 10.1. The average Bonchev–Trinajstić information content (AvgIpc) is 2.95. The molecule has 0 aliphatic heterocycles.